The second kappa shape index (κ2) is 5.40. The van der Waals surface area contributed by atoms with E-state index < -0.39 is 0 Å². The first-order valence-corrected chi connectivity index (χ1v) is 6.23. The van der Waals surface area contributed by atoms with E-state index in [2.05, 4.69) is 5.32 Å². The van der Waals surface area contributed by atoms with E-state index in [9.17, 15) is 4.39 Å². The van der Waals surface area contributed by atoms with Gasteiger partial charge in [-0.05, 0) is 37.6 Å². The fraction of sp³-hybridized carbons (Fsp3) is 0.200. The first kappa shape index (κ1) is 12.9. The number of hydrogen-bond acceptors (Lipinski definition) is 1. The Kier molecular flexibility index (Phi) is 3.87. The van der Waals surface area contributed by atoms with Gasteiger partial charge in [-0.3, -0.25) is 0 Å². The molecule has 0 bridgehead atoms. The molecule has 2 aromatic rings. The van der Waals surface area contributed by atoms with Crippen LogP contribution in [0.2, 0.25) is 5.02 Å². The van der Waals surface area contributed by atoms with Crippen LogP contribution < -0.4 is 5.32 Å². The monoisotopic (exact) mass is 263 g/mol. The quantitative estimate of drug-likeness (QED) is 0.825. The largest absolute Gasteiger partial charge is 0.378 e. The Labute approximate surface area is 112 Å². The second-order valence-corrected chi connectivity index (χ2v) is 4.71. The molecule has 3 heteroatoms. The topological polar surface area (TPSA) is 12.0 Å². The molecule has 0 fully saturated rings. The van der Waals surface area contributed by atoms with Crippen molar-refractivity contribution in [2.45, 2.75) is 19.9 Å². The van der Waals surface area contributed by atoms with E-state index in [1.54, 1.807) is 13.0 Å². The summed E-state index contributed by atoms with van der Waals surface area (Å²) >= 11 is 6.14. The van der Waals surface area contributed by atoms with Crippen LogP contribution in [0.15, 0.2) is 42.5 Å². The summed E-state index contributed by atoms with van der Waals surface area (Å²) in [5.74, 6) is -0.202. The van der Waals surface area contributed by atoms with Crippen molar-refractivity contribution in [3.05, 3.63) is 64.4 Å². The van der Waals surface area contributed by atoms with Crippen molar-refractivity contribution in [3.63, 3.8) is 0 Å². The predicted octanol–water partition coefficient (Wildman–Crippen LogP) is 4.96. The van der Waals surface area contributed by atoms with Gasteiger partial charge in [0, 0.05) is 16.3 Å². The minimum absolute atomic E-state index is 0.0270. The third-order valence-corrected chi connectivity index (χ3v) is 3.36. The third kappa shape index (κ3) is 2.65. The highest BCUT2D eigenvalue weighted by atomic mass is 35.5. The average Bonchev–Trinajstić information content (AvgIpc) is 2.35. The number of anilines is 1. The van der Waals surface area contributed by atoms with Crippen molar-refractivity contribution < 1.29 is 4.39 Å². The van der Waals surface area contributed by atoms with Crippen LogP contribution in [-0.4, -0.2) is 0 Å². The second-order valence-electron chi connectivity index (χ2n) is 4.30. The Morgan fingerprint density at radius 1 is 1.11 bits per heavy atom. The van der Waals surface area contributed by atoms with E-state index in [4.69, 9.17) is 11.6 Å². The van der Waals surface area contributed by atoms with Crippen molar-refractivity contribution in [2.75, 3.05) is 5.32 Å². The first-order chi connectivity index (χ1) is 8.59. The third-order valence-electron chi connectivity index (χ3n) is 3.01. The minimum atomic E-state index is -0.202. The van der Waals surface area contributed by atoms with Gasteiger partial charge in [0.05, 0.1) is 6.04 Å². The summed E-state index contributed by atoms with van der Waals surface area (Å²) in [5.41, 5.74) is 2.42. The Hall–Kier alpha value is -1.54. The van der Waals surface area contributed by atoms with E-state index in [1.165, 1.54) is 6.07 Å². The molecule has 2 rings (SSSR count). The fourth-order valence-electron chi connectivity index (χ4n) is 1.90. The lowest BCUT2D eigenvalue weighted by atomic mass is 10.1. The standard InChI is InChI=1S/C15H15ClFN/c1-10-14(17)8-5-9-15(10)18-11(2)12-6-3-4-7-13(12)16/h3-9,11,18H,1-2H3. The predicted molar refractivity (Wildman–Crippen MR) is 74.6 cm³/mol. The number of halogens is 2. The molecule has 94 valence electrons. The van der Waals surface area contributed by atoms with Gasteiger partial charge in [-0.2, -0.15) is 0 Å². The molecular formula is C15H15ClFN. The highest BCUT2D eigenvalue weighted by Gasteiger charge is 2.11. The number of hydrogen-bond donors (Lipinski definition) is 1. The smallest absolute Gasteiger partial charge is 0.128 e. The SMILES string of the molecule is Cc1c(F)cccc1NC(C)c1ccccc1Cl. The van der Waals surface area contributed by atoms with Crippen LogP contribution in [-0.2, 0) is 0 Å². The van der Waals surface area contributed by atoms with Gasteiger partial charge in [0.2, 0.25) is 0 Å². The maximum atomic E-state index is 13.4. The van der Waals surface area contributed by atoms with E-state index in [-0.39, 0.29) is 11.9 Å². The van der Waals surface area contributed by atoms with E-state index in [0.717, 1.165) is 11.3 Å². The fourth-order valence-corrected chi connectivity index (χ4v) is 2.20. The van der Waals surface area contributed by atoms with Crippen molar-refractivity contribution >= 4 is 17.3 Å². The molecule has 0 saturated carbocycles. The van der Waals surface area contributed by atoms with Crippen LogP contribution in [0.1, 0.15) is 24.1 Å². The highest BCUT2D eigenvalue weighted by molar-refractivity contribution is 6.31. The van der Waals surface area contributed by atoms with E-state index in [0.29, 0.717) is 10.6 Å². The zero-order valence-corrected chi connectivity index (χ0v) is 11.1. The summed E-state index contributed by atoms with van der Waals surface area (Å²) in [4.78, 5) is 0. The van der Waals surface area contributed by atoms with Gasteiger partial charge in [0.15, 0.2) is 0 Å². The molecule has 0 spiro atoms. The van der Waals surface area contributed by atoms with Gasteiger partial charge in [0.1, 0.15) is 5.82 Å². The van der Waals surface area contributed by atoms with E-state index in [1.807, 2.05) is 37.3 Å². The molecule has 0 heterocycles. The molecule has 0 aromatic heterocycles. The van der Waals surface area contributed by atoms with Gasteiger partial charge < -0.3 is 5.32 Å². The van der Waals surface area contributed by atoms with Crippen molar-refractivity contribution in [1.82, 2.24) is 0 Å². The van der Waals surface area contributed by atoms with Gasteiger partial charge >= 0.3 is 0 Å². The van der Waals surface area contributed by atoms with Crippen LogP contribution in [0.3, 0.4) is 0 Å². The molecule has 1 nitrogen and oxygen atoms in total. The van der Waals surface area contributed by atoms with E-state index >= 15 is 0 Å². The zero-order valence-electron chi connectivity index (χ0n) is 10.4. The first-order valence-electron chi connectivity index (χ1n) is 5.85. The van der Waals surface area contributed by atoms with Crippen LogP contribution in [0.4, 0.5) is 10.1 Å². The van der Waals surface area contributed by atoms with Crippen molar-refractivity contribution in [3.8, 4) is 0 Å². The lowest BCUT2D eigenvalue weighted by molar-refractivity contribution is 0.618. The molecule has 2 aromatic carbocycles. The summed E-state index contributed by atoms with van der Waals surface area (Å²) in [7, 11) is 0. The summed E-state index contributed by atoms with van der Waals surface area (Å²) in [6, 6.07) is 12.7. The molecule has 18 heavy (non-hydrogen) atoms. The molecule has 0 aliphatic rings. The lowest BCUT2D eigenvalue weighted by Gasteiger charge is -2.18. The molecule has 0 radical (unpaired) electrons. The molecule has 0 amide bonds. The van der Waals surface area contributed by atoms with Crippen LogP contribution in [0.25, 0.3) is 0 Å². The molecule has 0 aliphatic heterocycles. The average molecular weight is 264 g/mol. The molecule has 0 aliphatic carbocycles. The summed E-state index contributed by atoms with van der Waals surface area (Å²) in [5, 5.41) is 4.00. The molecule has 0 saturated heterocycles. The highest BCUT2D eigenvalue weighted by Crippen LogP contribution is 2.27. The maximum absolute atomic E-state index is 13.4. The molecule has 1 atom stereocenters. The maximum Gasteiger partial charge on any atom is 0.128 e. The Balaban J connectivity index is 2.24. The van der Waals surface area contributed by atoms with Gasteiger partial charge in [-0.15, -0.1) is 0 Å². The van der Waals surface area contributed by atoms with Crippen molar-refractivity contribution in [2.24, 2.45) is 0 Å². The Morgan fingerprint density at radius 2 is 1.83 bits per heavy atom. The summed E-state index contributed by atoms with van der Waals surface area (Å²) < 4.78 is 13.4. The van der Waals surface area contributed by atoms with Gasteiger partial charge in [-0.1, -0.05) is 35.9 Å². The zero-order chi connectivity index (χ0) is 13.1. The van der Waals surface area contributed by atoms with Crippen LogP contribution in [0, 0.1) is 12.7 Å². The van der Waals surface area contributed by atoms with Crippen molar-refractivity contribution in [1.29, 1.82) is 0 Å². The Morgan fingerprint density at radius 3 is 2.56 bits per heavy atom. The van der Waals surface area contributed by atoms with Gasteiger partial charge in [0.25, 0.3) is 0 Å². The lowest BCUT2D eigenvalue weighted by Crippen LogP contribution is -2.08. The molecular weight excluding hydrogens is 249 g/mol. The number of benzene rings is 2. The molecule has 1 unspecified atom stereocenters. The van der Waals surface area contributed by atoms with Crippen LogP contribution >= 0.6 is 11.6 Å². The summed E-state index contributed by atoms with van der Waals surface area (Å²) in [6.45, 7) is 3.77. The normalized spacial score (nSPS) is 12.2. The number of rotatable bonds is 3. The minimum Gasteiger partial charge on any atom is -0.378 e. The van der Waals surface area contributed by atoms with Crippen LogP contribution in [0.5, 0.6) is 0 Å². The Bertz CT molecular complexity index is 554. The number of nitrogens with one attached hydrogen (secondary N) is 1. The molecule has 1 N–H and O–H groups in total. The summed E-state index contributed by atoms with van der Waals surface area (Å²) in [6.07, 6.45) is 0. The van der Waals surface area contributed by atoms with Gasteiger partial charge in [-0.25, -0.2) is 4.39 Å².